The molecular weight excluding hydrogens is 252 g/mol. The topological polar surface area (TPSA) is 71.4 Å². The zero-order valence-electron chi connectivity index (χ0n) is 10.2. The molecule has 0 amide bonds. The molecule has 0 radical (unpaired) electrons. The molecule has 1 fully saturated rings. The first-order chi connectivity index (χ1) is 8.40. The Morgan fingerprint density at radius 1 is 1.28 bits per heavy atom. The summed E-state index contributed by atoms with van der Waals surface area (Å²) in [5.74, 6) is -0.406. The summed E-state index contributed by atoms with van der Waals surface area (Å²) in [7, 11) is -3.73. The van der Waals surface area contributed by atoms with Crippen LogP contribution in [-0.4, -0.2) is 24.1 Å². The van der Waals surface area contributed by atoms with Gasteiger partial charge in [0.15, 0.2) is 15.6 Å². The number of carbonyl (C=O) groups is 1. The third-order valence-corrected chi connectivity index (χ3v) is 6.29. The van der Waals surface area contributed by atoms with Crippen LogP contribution < -0.4 is 0 Å². The van der Waals surface area contributed by atoms with Gasteiger partial charge in [-0.3, -0.25) is 4.79 Å². The Labute approximate surface area is 107 Å². The predicted octanol–water partition coefficient (Wildman–Crippen LogP) is 2.07. The lowest BCUT2D eigenvalue weighted by Crippen LogP contribution is -2.42. The minimum Gasteiger partial charge on any atom is -0.508 e. The summed E-state index contributed by atoms with van der Waals surface area (Å²) in [6.07, 6.45) is 2.25. The number of rotatable bonds is 3. The van der Waals surface area contributed by atoms with Crippen molar-refractivity contribution < 1.29 is 18.3 Å². The van der Waals surface area contributed by atoms with Crippen molar-refractivity contribution in [2.45, 2.75) is 42.2 Å². The van der Waals surface area contributed by atoms with Crippen LogP contribution >= 0.6 is 0 Å². The third kappa shape index (κ3) is 1.82. The van der Waals surface area contributed by atoms with E-state index in [9.17, 15) is 18.3 Å². The Bertz CT molecular complexity index is 568. The smallest absolute Gasteiger partial charge is 0.191 e. The molecule has 0 aromatic heterocycles. The van der Waals surface area contributed by atoms with Gasteiger partial charge in [-0.15, -0.1) is 0 Å². The predicted molar refractivity (Wildman–Crippen MR) is 67.2 cm³/mol. The second-order valence-corrected chi connectivity index (χ2v) is 7.02. The number of benzene rings is 1. The first kappa shape index (κ1) is 13.1. The van der Waals surface area contributed by atoms with E-state index in [-0.39, 0.29) is 16.4 Å². The molecule has 1 N–H and O–H groups in total. The first-order valence-corrected chi connectivity index (χ1v) is 7.43. The molecule has 18 heavy (non-hydrogen) atoms. The van der Waals surface area contributed by atoms with Gasteiger partial charge in [0.25, 0.3) is 0 Å². The Hall–Kier alpha value is -1.36. The van der Waals surface area contributed by atoms with Crippen LogP contribution in [0.5, 0.6) is 5.75 Å². The number of aromatic hydroxyl groups is 1. The lowest BCUT2D eigenvalue weighted by atomic mass is 10.0. The van der Waals surface area contributed by atoms with E-state index in [2.05, 4.69) is 0 Å². The summed E-state index contributed by atoms with van der Waals surface area (Å²) in [6.45, 7) is 1.34. The summed E-state index contributed by atoms with van der Waals surface area (Å²) in [5.41, 5.74) is 0. The van der Waals surface area contributed by atoms with Gasteiger partial charge in [-0.05, 0) is 38.0 Å². The van der Waals surface area contributed by atoms with Crippen LogP contribution in [0.2, 0.25) is 0 Å². The van der Waals surface area contributed by atoms with Gasteiger partial charge in [0.2, 0.25) is 0 Å². The minimum atomic E-state index is -3.73. The van der Waals surface area contributed by atoms with Crippen molar-refractivity contribution in [2.75, 3.05) is 0 Å². The number of sulfone groups is 1. The van der Waals surface area contributed by atoms with E-state index in [0.29, 0.717) is 12.8 Å². The fraction of sp³-hybridized carbons (Fsp3) is 0.462. The van der Waals surface area contributed by atoms with Crippen LogP contribution in [0.3, 0.4) is 0 Å². The molecule has 0 aliphatic heterocycles. The molecule has 1 aliphatic carbocycles. The van der Waals surface area contributed by atoms with Gasteiger partial charge < -0.3 is 5.11 Å². The van der Waals surface area contributed by atoms with E-state index in [0.717, 1.165) is 12.8 Å². The molecule has 0 atom stereocenters. The van der Waals surface area contributed by atoms with Crippen LogP contribution in [0.4, 0.5) is 0 Å². The van der Waals surface area contributed by atoms with Crippen molar-refractivity contribution in [3.8, 4) is 5.75 Å². The largest absolute Gasteiger partial charge is 0.508 e. The standard InChI is InChI=1S/C13H16O4S/c1-10(14)13(7-2-3-8-13)18(16,17)12-6-4-5-11(15)9-12/h4-6,9,15H,2-3,7-8H2,1H3. The van der Waals surface area contributed by atoms with Gasteiger partial charge in [0, 0.05) is 0 Å². The maximum Gasteiger partial charge on any atom is 0.191 e. The fourth-order valence-electron chi connectivity index (χ4n) is 2.63. The lowest BCUT2D eigenvalue weighted by Gasteiger charge is -2.25. The number of ketones is 1. The molecule has 4 nitrogen and oxygen atoms in total. The second-order valence-electron chi connectivity index (χ2n) is 4.76. The summed E-state index contributed by atoms with van der Waals surface area (Å²) >= 11 is 0. The number of hydrogen-bond donors (Lipinski definition) is 1. The van der Waals surface area contributed by atoms with Gasteiger partial charge in [0.05, 0.1) is 4.90 Å². The molecule has 1 saturated carbocycles. The average molecular weight is 268 g/mol. The molecule has 2 rings (SSSR count). The first-order valence-electron chi connectivity index (χ1n) is 5.95. The van der Waals surface area contributed by atoms with E-state index in [4.69, 9.17) is 0 Å². The maximum absolute atomic E-state index is 12.6. The van der Waals surface area contributed by atoms with Crippen molar-refractivity contribution in [2.24, 2.45) is 0 Å². The monoisotopic (exact) mass is 268 g/mol. The van der Waals surface area contributed by atoms with E-state index in [1.165, 1.54) is 31.2 Å². The Morgan fingerprint density at radius 2 is 1.89 bits per heavy atom. The van der Waals surface area contributed by atoms with Crippen LogP contribution in [-0.2, 0) is 14.6 Å². The van der Waals surface area contributed by atoms with Crippen molar-refractivity contribution in [3.63, 3.8) is 0 Å². The molecule has 1 aliphatic rings. The van der Waals surface area contributed by atoms with Crippen molar-refractivity contribution in [1.82, 2.24) is 0 Å². The molecule has 0 unspecified atom stereocenters. The highest BCUT2D eigenvalue weighted by Crippen LogP contribution is 2.41. The number of Topliss-reactive ketones (excluding diaryl/α,β-unsaturated/α-hetero) is 1. The van der Waals surface area contributed by atoms with E-state index in [1.807, 2.05) is 0 Å². The maximum atomic E-state index is 12.6. The van der Waals surface area contributed by atoms with Crippen LogP contribution in [0.1, 0.15) is 32.6 Å². The van der Waals surface area contributed by atoms with Crippen molar-refractivity contribution >= 4 is 15.6 Å². The summed E-state index contributed by atoms with van der Waals surface area (Å²) in [5, 5.41) is 9.39. The number of carbonyl (C=O) groups excluding carboxylic acids is 1. The molecule has 1 aromatic carbocycles. The van der Waals surface area contributed by atoms with Gasteiger partial charge >= 0.3 is 0 Å². The molecule has 98 valence electrons. The minimum absolute atomic E-state index is 0.0274. The summed E-state index contributed by atoms with van der Waals surface area (Å²) < 4.78 is 23.9. The number of phenols is 1. The molecule has 0 bridgehead atoms. The molecule has 0 spiro atoms. The van der Waals surface area contributed by atoms with Gasteiger partial charge in [-0.1, -0.05) is 18.9 Å². The average Bonchev–Trinajstić information content (AvgIpc) is 2.79. The molecule has 5 heteroatoms. The highest BCUT2D eigenvalue weighted by atomic mass is 32.2. The highest BCUT2D eigenvalue weighted by molar-refractivity contribution is 7.93. The summed E-state index contributed by atoms with van der Waals surface area (Å²) in [6, 6.07) is 5.52. The Balaban J connectivity index is 2.57. The molecule has 0 heterocycles. The van der Waals surface area contributed by atoms with Gasteiger partial charge in [-0.2, -0.15) is 0 Å². The van der Waals surface area contributed by atoms with Crippen LogP contribution in [0.25, 0.3) is 0 Å². The quantitative estimate of drug-likeness (QED) is 0.911. The normalized spacial score (nSPS) is 18.7. The lowest BCUT2D eigenvalue weighted by molar-refractivity contribution is -0.119. The zero-order valence-corrected chi connectivity index (χ0v) is 11.0. The van der Waals surface area contributed by atoms with Crippen molar-refractivity contribution in [3.05, 3.63) is 24.3 Å². The van der Waals surface area contributed by atoms with Crippen LogP contribution in [0, 0.1) is 0 Å². The second kappa shape index (κ2) is 4.39. The van der Waals surface area contributed by atoms with E-state index < -0.39 is 14.6 Å². The number of phenolic OH excluding ortho intramolecular Hbond substituents is 1. The fourth-order valence-corrected chi connectivity index (χ4v) is 4.82. The highest BCUT2D eigenvalue weighted by Gasteiger charge is 2.50. The van der Waals surface area contributed by atoms with Crippen LogP contribution in [0.15, 0.2) is 29.2 Å². The Kier molecular flexibility index (Phi) is 3.19. The molecule has 0 saturated heterocycles. The van der Waals surface area contributed by atoms with E-state index >= 15 is 0 Å². The SMILES string of the molecule is CC(=O)C1(S(=O)(=O)c2cccc(O)c2)CCCC1. The molecular formula is C13H16O4S. The van der Waals surface area contributed by atoms with E-state index in [1.54, 1.807) is 0 Å². The van der Waals surface area contributed by atoms with Gasteiger partial charge in [-0.25, -0.2) is 8.42 Å². The third-order valence-electron chi connectivity index (χ3n) is 3.70. The Morgan fingerprint density at radius 3 is 2.39 bits per heavy atom. The molecule has 1 aromatic rings. The number of hydrogen-bond acceptors (Lipinski definition) is 4. The van der Waals surface area contributed by atoms with Crippen molar-refractivity contribution in [1.29, 1.82) is 0 Å². The zero-order chi connectivity index (χ0) is 13.4. The van der Waals surface area contributed by atoms with Gasteiger partial charge in [0.1, 0.15) is 10.5 Å². The summed E-state index contributed by atoms with van der Waals surface area (Å²) in [4.78, 5) is 11.9.